The molecular weight excluding hydrogens is 296 g/mol. The van der Waals surface area contributed by atoms with Gasteiger partial charge < -0.3 is 11.1 Å². The molecule has 0 amide bonds. The molecule has 7 heteroatoms. The Morgan fingerprint density at radius 3 is 2.48 bits per heavy atom. The lowest BCUT2D eigenvalue weighted by atomic mass is 10.1. The second kappa shape index (κ2) is 6.12. The van der Waals surface area contributed by atoms with E-state index in [9.17, 15) is 14.4 Å². The topological polar surface area (TPSA) is 99.1 Å². The number of benzene rings is 1. The van der Waals surface area contributed by atoms with Gasteiger partial charge in [0.25, 0.3) is 5.56 Å². The summed E-state index contributed by atoms with van der Waals surface area (Å²) in [4.78, 5) is 36.3. The minimum absolute atomic E-state index is 0.0814. The van der Waals surface area contributed by atoms with Gasteiger partial charge in [0.15, 0.2) is 5.78 Å². The molecule has 0 fully saturated rings. The van der Waals surface area contributed by atoms with Gasteiger partial charge in [0.2, 0.25) is 0 Å². The maximum absolute atomic E-state index is 12.4. The van der Waals surface area contributed by atoms with E-state index in [1.165, 1.54) is 14.1 Å². The monoisotopic (exact) mass is 316 g/mol. The fraction of sp³-hybridized carbons (Fsp3) is 0.312. The first kappa shape index (κ1) is 16.5. The van der Waals surface area contributed by atoms with Crippen LogP contribution in [0.4, 0.5) is 11.5 Å². The summed E-state index contributed by atoms with van der Waals surface area (Å²) in [5.41, 5.74) is 7.30. The van der Waals surface area contributed by atoms with Crippen LogP contribution >= 0.6 is 0 Å². The number of ketones is 1. The zero-order valence-corrected chi connectivity index (χ0v) is 13.6. The number of hydrogen-bond donors (Lipinski definition) is 2. The molecule has 0 aliphatic rings. The number of Topliss-reactive ketones (excluding diaryl/α,β-unsaturated/α-hetero) is 1. The lowest BCUT2D eigenvalue weighted by Crippen LogP contribution is -2.42. The molecule has 0 atom stereocenters. The van der Waals surface area contributed by atoms with Gasteiger partial charge in [-0.3, -0.25) is 18.7 Å². The number of nitrogens with two attached hydrogens (primary N) is 1. The van der Waals surface area contributed by atoms with E-state index in [-0.39, 0.29) is 17.9 Å². The smallest absolute Gasteiger partial charge is 0.332 e. The van der Waals surface area contributed by atoms with E-state index < -0.39 is 17.0 Å². The number of hydrogen-bond acceptors (Lipinski definition) is 5. The van der Waals surface area contributed by atoms with Gasteiger partial charge >= 0.3 is 5.69 Å². The molecule has 0 aliphatic heterocycles. The minimum atomic E-state index is -0.682. The number of nitrogen functional groups attached to an aromatic ring is 1. The Kier molecular flexibility index (Phi) is 4.40. The molecule has 2 aromatic rings. The highest BCUT2D eigenvalue weighted by Gasteiger charge is 2.20. The molecule has 0 spiro atoms. The van der Waals surface area contributed by atoms with Crippen LogP contribution in [0, 0.1) is 13.8 Å². The summed E-state index contributed by atoms with van der Waals surface area (Å²) in [5.74, 6) is -0.578. The third-order valence-corrected chi connectivity index (χ3v) is 4.03. The van der Waals surface area contributed by atoms with Gasteiger partial charge in [0.05, 0.1) is 6.54 Å². The third-order valence-electron chi connectivity index (χ3n) is 4.03. The normalized spacial score (nSPS) is 10.6. The summed E-state index contributed by atoms with van der Waals surface area (Å²) < 4.78 is 1.97. The van der Waals surface area contributed by atoms with Gasteiger partial charge in [-0.15, -0.1) is 0 Å². The van der Waals surface area contributed by atoms with E-state index in [0.717, 1.165) is 25.9 Å². The molecule has 1 heterocycles. The molecule has 3 N–H and O–H groups in total. The average molecular weight is 316 g/mol. The van der Waals surface area contributed by atoms with Crippen LogP contribution < -0.4 is 22.3 Å². The first-order chi connectivity index (χ1) is 10.8. The van der Waals surface area contributed by atoms with Crippen molar-refractivity contribution >= 4 is 17.3 Å². The number of nitrogens with zero attached hydrogens (tertiary/aromatic N) is 2. The van der Waals surface area contributed by atoms with Crippen LogP contribution in [0.5, 0.6) is 0 Å². The van der Waals surface area contributed by atoms with Crippen LogP contribution in [0.3, 0.4) is 0 Å². The fourth-order valence-corrected chi connectivity index (χ4v) is 2.33. The molecule has 7 nitrogen and oxygen atoms in total. The highest BCUT2D eigenvalue weighted by atomic mass is 16.2. The Hall–Kier alpha value is -2.83. The summed E-state index contributed by atoms with van der Waals surface area (Å²) in [7, 11) is 2.74. The highest BCUT2D eigenvalue weighted by molar-refractivity contribution is 6.02. The largest absolute Gasteiger partial charge is 0.384 e. The van der Waals surface area contributed by atoms with E-state index in [1.54, 1.807) is 0 Å². The van der Waals surface area contributed by atoms with Crippen LogP contribution in [-0.2, 0) is 14.1 Å². The molecule has 1 aromatic carbocycles. The Labute approximate surface area is 133 Å². The minimum Gasteiger partial charge on any atom is -0.384 e. The molecule has 0 aliphatic carbocycles. The van der Waals surface area contributed by atoms with Crippen molar-refractivity contribution in [2.75, 3.05) is 17.6 Å². The molecule has 0 saturated carbocycles. The predicted octanol–water partition coefficient (Wildman–Crippen LogP) is 0.578. The summed E-state index contributed by atoms with van der Waals surface area (Å²) in [6, 6.07) is 5.72. The number of carbonyl (C=O) groups is 1. The highest BCUT2D eigenvalue weighted by Crippen LogP contribution is 2.18. The maximum Gasteiger partial charge on any atom is 0.332 e. The molecular formula is C16H20N4O3. The quantitative estimate of drug-likeness (QED) is 0.804. The average Bonchev–Trinajstić information content (AvgIpc) is 2.52. The molecule has 0 unspecified atom stereocenters. The zero-order valence-electron chi connectivity index (χ0n) is 13.6. The summed E-state index contributed by atoms with van der Waals surface area (Å²) in [5, 5.41) is 3.02. The molecule has 0 bridgehead atoms. The van der Waals surface area contributed by atoms with Crippen LogP contribution in [0.2, 0.25) is 0 Å². The summed E-state index contributed by atoms with van der Waals surface area (Å²) in [6.07, 6.45) is 0. The number of aryl methyl sites for hydroxylation is 1. The van der Waals surface area contributed by atoms with Crippen molar-refractivity contribution in [3.05, 3.63) is 55.7 Å². The number of rotatable bonds is 4. The van der Waals surface area contributed by atoms with Crippen molar-refractivity contribution in [2.45, 2.75) is 13.8 Å². The Balaban J connectivity index is 2.34. The van der Waals surface area contributed by atoms with Gasteiger partial charge in [-0.1, -0.05) is 12.1 Å². The zero-order chi connectivity index (χ0) is 17.3. The van der Waals surface area contributed by atoms with Gasteiger partial charge in [-0.25, -0.2) is 4.79 Å². The molecule has 0 radical (unpaired) electrons. The van der Waals surface area contributed by atoms with Crippen molar-refractivity contribution < 1.29 is 4.79 Å². The lowest BCUT2D eigenvalue weighted by molar-refractivity contribution is 0.100. The van der Waals surface area contributed by atoms with Crippen molar-refractivity contribution in [3.8, 4) is 0 Å². The van der Waals surface area contributed by atoms with Gasteiger partial charge in [0, 0.05) is 19.8 Å². The van der Waals surface area contributed by atoms with E-state index in [4.69, 9.17) is 5.73 Å². The number of carbonyl (C=O) groups excluding carboxylic acids is 1. The lowest BCUT2D eigenvalue weighted by Gasteiger charge is -2.13. The number of anilines is 2. The number of nitrogens with one attached hydrogen (secondary N) is 1. The summed E-state index contributed by atoms with van der Waals surface area (Å²) >= 11 is 0. The van der Waals surface area contributed by atoms with Crippen LogP contribution in [0.25, 0.3) is 0 Å². The van der Waals surface area contributed by atoms with E-state index >= 15 is 0 Å². The van der Waals surface area contributed by atoms with E-state index in [1.807, 2.05) is 32.0 Å². The van der Waals surface area contributed by atoms with E-state index in [0.29, 0.717) is 0 Å². The van der Waals surface area contributed by atoms with Crippen molar-refractivity contribution in [3.63, 3.8) is 0 Å². The Bertz CT molecular complexity index is 893. The molecule has 1 aromatic heterocycles. The Morgan fingerprint density at radius 2 is 1.83 bits per heavy atom. The molecule has 2 rings (SSSR count). The van der Waals surface area contributed by atoms with Gasteiger partial charge in [-0.2, -0.15) is 0 Å². The van der Waals surface area contributed by atoms with Crippen molar-refractivity contribution in [1.29, 1.82) is 0 Å². The molecule has 122 valence electrons. The maximum atomic E-state index is 12.4. The standard InChI is InChI=1S/C16H20N4O3/c1-9-6-5-7-11(10(9)2)18-8-12(21)13-14(17)19(3)16(23)20(4)15(13)22/h5-7,18H,8,17H2,1-4H3. The van der Waals surface area contributed by atoms with Gasteiger partial charge in [-0.05, 0) is 31.0 Å². The van der Waals surface area contributed by atoms with Gasteiger partial charge in [0.1, 0.15) is 11.4 Å². The summed E-state index contributed by atoms with van der Waals surface area (Å²) in [6.45, 7) is 3.84. The third kappa shape index (κ3) is 2.90. The van der Waals surface area contributed by atoms with Crippen molar-refractivity contribution in [1.82, 2.24) is 9.13 Å². The number of aromatic nitrogens is 2. The van der Waals surface area contributed by atoms with Crippen molar-refractivity contribution in [2.24, 2.45) is 14.1 Å². The fourth-order valence-electron chi connectivity index (χ4n) is 2.33. The Morgan fingerprint density at radius 1 is 1.17 bits per heavy atom. The predicted molar refractivity (Wildman–Crippen MR) is 90.1 cm³/mol. The first-order valence-electron chi connectivity index (χ1n) is 7.14. The molecule has 0 saturated heterocycles. The SMILES string of the molecule is Cc1cccc(NCC(=O)c2c(N)n(C)c(=O)n(C)c2=O)c1C. The molecule has 23 heavy (non-hydrogen) atoms. The second-order valence-corrected chi connectivity index (χ2v) is 5.49. The van der Waals surface area contributed by atoms with Crippen LogP contribution in [-0.4, -0.2) is 21.5 Å². The van der Waals surface area contributed by atoms with Crippen LogP contribution in [0.1, 0.15) is 21.5 Å². The van der Waals surface area contributed by atoms with Crippen LogP contribution in [0.15, 0.2) is 27.8 Å². The second-order valence-electron chi connectivity index (χ2n) is 5.49. The first-order valence-corrected chi connectivity index (χ1v) is 7.14. The van der Waals surface area contributed by atoms with E-state index in [2.05, 4.69) is 5.32 Å².